The van der Waals surface area contributed by atoms with Crippen molar-refractivity contribution in [3.05, 3.63) is 34.3 Å². The average Bonchev–Trinajstić information content (AvgIpc) is 2.25. The van der Waals surface area contributed by atoms with E-state index in [1.54, 1.807) is 0 Å². The lowest BCUT2D eigenvalue weighted by Gasteiger charge is -2.09. The van der Waals surface area contributed by atoms with Crippen molar-refractivity contribution in [2.24, 2.45) is 5.92 Å². The lowest BCUT2D eigenvalue weighted by molar-refractivity contribution is 0.108. The Bertz CT molecular complexity index is 304. The van der Waals surface area contributed by atoms with Crippen LogP contribution in [-0.2, 0) is 11.3 Å². The van der Waals surface area contributed by atoms with Gasteiger partial charge in [0.1, 0.15) is 0 Å². The van der Waals surface area contributed by atoms with Crippen LogP contribution in [-0.4, -0.2) is 12.5 Å². The minimum absolute atomic E-state index is 0.653. The Morgan fingerprint density at radius 1 is 1.38 bits per heavy atom. The van der Waals surface area contributed by atoms with Crippen LogP contribution in [0.2, 0.25) is 0 Å². The number of hydrogen-bond donors (Lipinski definition) is 0. The molecule has 0 bridgehead atoms. The topological polar surface area (TPSA) is 9.23 Å². The molecule has 1 nitrogen and oxygen atoms in total. The van der Waals surface area contributed by atoms with Crippen LogP contribution >= 0.6 is 27.5 Å². The summed E-state index contributed by atoms with van der Waals surface area (Å²) in [5.74, 6) is 1.40. The van der Waals surface area contributed by atoms with Gasteiger partial charge in [-0.3, -0.25) is 0 Å². The zero-order valence-corrected chi connectivity index (χ0v) is 11.9. The van der Waals surface area contributed by atoms with Crippen LogP contribution in [0.4, 0.5) is 0 Å². The Morgan fingerprint density at radius 2 is 2.19 bits per heavy atom. The largest absolute Gasteiger partial charge is 0.377 e. The van der Waals surface area contributed by atoms with Crippen LogP contribution in [0.1, 0.15) is 25.3 Å². The van der Waals surface area contributed by atoms with E-state index >= 15 is 0 Å². The van der Waals surface area contributed by atoms with Crippen molar-refractivity contribution < 1.29 is 4.74 Å². The van der Waals surface area contributed by atoms with Gasteiger partial charge in [0, 0.05) is 17.0 Å². The lowest BCUT2D eigenvalue weighted by atomic mass is 10.1. The zero-order valence-electron chi connectivity index (χ0n) is 9.59. The Hall–Kier alpha value is -0.0500. The molecular weight excluding hydrogens is 287 g/mol. The maximum absolute atomic E-state index is 5.68. The minimum atomic E-state index is 0.653. The molecule has 0 aliphatic rings. The van der Waals surface area contributed by atoms with Gasteiger partial charge < -0.3 is 4.74 Å². The number of halogens is 2. The smallest absolute Gasteiger partial charge is 0.0717 e. The molecule has 1 rings (SSSR count). The summed E-state index contributed by atoms with van der Waals surface area (Å²) in [7, 11) is 0. The monoisotopic (exact) mass is 304 g/mol. The molecule has 0 saturated heterocycles. The molecule has 1 aromatic carbocycles. The third-order valence-electron chi connectivity index (χ3n) is 2.51. The fourth-order valence-corrected chi connectivity index (χ4v) is 2.25. The van der Waals surface area contributed by atoms with Crippen LogP contribution in [0.15, 0.2) is 28.7 Å². The third-order valence-corrected chi connectivity index (χ3v) is 3.23. The second kappa shape index (κ2) is 8.10. The van der Waals surface area contributed by atoms with E-state index in [2.05, 4.69) is 35.0 Å². The molecule has 3 heteroatoms. The highest BCUT2D eigenvalue weighted by Crippen LogP contribution is 2.13. The van der Waals surface area contributed by atoms with E-state index in [0.29, 0.717) is 12.5 Å². The second-order valence-corrected chi connectivity index (χ2v) is 5.35. The maximum Gasteiger partial charge on any atom is 0.0717 e. The first-order valence-corrected chi connectivity index (χ1v) is 6.93. The van der Waals surface area contributed by atoms with E-state index in [1.807, 2.05) is 12.1 Å². The lowest BCUT2D eigenvalue weighted by Crippen LogP contribution is -2.02. The van der Waals surface area contributed by atoms with Gasteiger partial charge in [0.2, 0.25) is 0 Å². The first-order chi connectivity index (χ1) is 7.72. The summed E-state index contributed by atoms with van der Waals surface area (Å²) in [4.78, 5) is 0. The molecule has 1 atom stereocenters. The van der Waals surface area contributed by atoms with Gasteiger partial charge in [-0.1, -0.05) is 35.0 Å². The molecule has 0 aliphatic carbocycles. The maximum atomic E-state index is 5.68. The summed E-state index contributed by atoms with van der Waals surface area (Å²) in [5.41, 5.74) is 1.21. The molecule has 0 radical (unpaired) electrons. The number of hydrogen-bond acceptors (Lipinski definition) is 1. The average molecular weight is 306 g/mol. The highest BCUT2D eigenvalue weighted by atomic mass is 79.9. The first kappa shape index (κ1) is 14.0. The summed E-state index contributed by atoms with van der Waals surface area (Å²) in [6, 6.07) is 8.21. The van der Waals surface area contributed by atoms with Crippen molar-refractivity contribution in [3.63, 3.8) is 0 Å². The Balaban J connectivity index is 2.16. The van der Waals surface area contributed by atoms with Crippen LogP contribution in [0.3, 0.4) is 0 Å². The van der Waals surface area contributed by atoms with Gasteiger partial charge in [-0.2, -0.15) is 0 Å². The van der Waals surface area contributed by atoms with Crippen molar-refractivity contribution in [3.8, 4) is 0 Å². The Kier molecular flexibility index (Phi) is 7.10. The molecule has 16 heavy (non-hydrogen) atoms. The van der Waals surface area contributed by atoms with E-state index in [-0.39, 0.29) is 0 Å². The fraction of sp³-hybridized carbons (Fsp3) is 0.538. The Morgan fingerprint density at radius 3 is 2.88 bits per heavy atom. The van der Waals surface area contributed by atoms with Crippen LogP contribution < -0.4 is 0 Å². The summed E-state index contributed by atoms with van der Waals surface area (Å²) < 4.78 is 6.73. The van der Waals surface area contributed by atoms with Gasteiger partial charge in [-0.25, -0.2) is 0 Å². The number of alkyl halides is 1. The zero-order chi connectivity index (χ0) is 11.8. The van der Waals surface area contributed by atoms with Gasteiger partial charge in [-0.15, -0.1) is 11.6 Å². The summed E-state index contributed by atoms with van der Waals surface area (Å²) in [6.07, 6.45) is 2.16. The molecule has 0 amide bonds. The molecule has 0 aromatic heterocycles. The van der Waals surface area contributed by atoms with Crippen molar-refractivity contribution >= 4 is 27.5 Å². The molecule has 0 saturated carbocycles. The van der Waals surface area contributed by atoms with Crippen LogP contribution in [0, 0.1) is 5.92 Å². The standard InChI is InChI=1S/C13H18BrClO/c1-11(5-7-15)6-8-16-10-12-3-2-4-13(14)9-12/h2-4,9,11H,5-8,10H2,1H3. The number of ether oxygens (including phenoxy) is 1. The highest BCUT2D eigenvalue weighted by molar-refractivity contribution is 9.10. The number of benzene rings is 1. The molecule has 0 fully saturated rings. The minimum Gasteiger partial charge on any atom is -0.377 e. The van der Waals surface area contributed by atoms with Gasteiger partial charge in [0.15, 0.2) is 0 Å². The van der Waals surface area contributed by atoms with Crippen molar-refractivity contribution in [1.29, 1.82) is 0 Å². The summed E-state index contributed by atoms with van der Waals surface area (Å²) in [5, 5.41) is 0. The van der Waals surface area contributed by atoms with E-state index in [1.165, 1.54) is 5.56 Å². The number of rotatable bonds is 7. The Labute approximate surface area is 111 Å². The van der Waals surface area contributed by atoms with Gasteiger partial charge >= 0.3 is 0 Å². The molecule has 90 valence electrons. The molecule has 0 spiro atoms. The van der Waals surface area contributed by atoms with Crippen molar-refractivity contribution in [2.75, 3.05) is 12.5 Å². The normalized spacial score (nSPS) is 12.7. The van der Waals surface area contributed by atoms with Gasteiger partial charge in [-0.05, 0) is 36.5 Å². The van der Waals surface area contributed by atoms with E-state index in [9.17, 15) is 0 Å². The third kappa shape index (κ3) is 5.88. The van der Waals surface area contributed by atoms with E-state index in [4.69, 9.17) is 16.3 Å². The van der Waals surface area contributed by atoms with E-state index < -0.39 is 0 Å². The van der Waals surface area contributed by atoms with Gasteiger partial charge in [0.05, 0.1) is 6.61 Å². The molecule has 0 heterocycles. The molecule has 1 unspecified atom stereocenters. The fourth-order valence-electron chi connectivity index (χ4n) is 1.43. The van der Waals surface area contributed by atoms with Crippen molar-refractivity contribution in [1.82, 2.24) is 0 Å². The molecule has 0 aliphatic heterocycles. The molecule has 0 N–H and O–H groups in total. The second-order valence-electron chi connectivity index (χ2n) is 4.05. The SMILES string of the molecule is CC(CCCl)CCOCc1cccc(Br)c1. The quantitative estimate of drug-likeness (QED) is 0.527. The predicted molar refractivity (Wildman–Crippen MR) is 72.9 cm³/mol. The highest BCUT2D eigenvalue weighted by Gasteiger charge is 2.01. The van der Waals surface area contributed by atoms with Crippen LogP contribution in [0.5, 0.6) is 0 Å². The van der Waals surface area contributed by atoms with Crippen molar-refractivity contribution in [2.45, 2.75) is 26.4 Å². The van der Waals surface area contributed by atoms with Crippen LogP contribution in [0.25, 0.3) is 0 Å². The first-order valence-electron chi connectivity index (χ1n) is 5.60. The summed E-state index contributed by atoms with van der Waals surface area (Å²) in [6.45, 7) is 3.71. The molecule has 1 aromatic rings. The summed E-state index contributed by atoms with van der Waals surface area (Å²) >= 11 is 9.12. The van der Waals surface area contributed by atoms with Gasteiger partial charge in [0.25, 0.3) is 0 Å². The van der Waals surface area contributed by atoms with E-state index in [0.717, 1.165) is 29.8 Å². The molecular formula is C13H18BrClO. The predicted octanol–water partition coefficient (Wildman–Crippen LogP) is 4.62.